The lowest BCUT2D eigenvalue weighted by atomic mass is 9.90. The number of nitro groups is 1. The lowest BCUT2D eigenvalue weighted by Gasteiger charge is -2.33. The first-order valence-corrected chi connectivity index (χ1v) is 5.82. The van der Waals surface area contributed by atoms with E-state index in [9.17, 15) is 24.8 Å². The predicted octanol–water partition coefficient (Wildman–Crippen LogP) is 0.551. The van der Waals surface area contributed by atoms with Gasteiger partial charge in [0.15, 0.2) is 5.76 Å². The molecule has 1 amide bonds. The molecule has 0 aromatic carbocycles. The normalized spacial score (nSPS) is 17.4. The Hall–Kier alpha value is -2.42. The lowest BCUT2D eigenvalue weighted by Crippen LogP contribution is -2.57. The van der Waals surface area contributed by atoms with Crippen LogP contribution < -0.4 is 5.32 Å². The van der Waals surface area contributed by atoms with Gasteiger partial charge in [-0.3, -0.25) is 14.9 Å². The number of carboxylic acid groups (broad SMARTS) is 1. The number of hydrogen-bond donors (Lipinski definition) is 2. The molecule has 9 nitrogen and oxygen atoms in total. The van der Waals surface area contributed by atoms with Gasteiger partial charge in [-0.1, -0.05) is 0 Å². The van der Waals surface area contributed by atoms with Gasteiger partial charge in [0, 0.05) is 26.1 Å². The largest absolute Gasteiger partial charge is 0.480 e. The number of nitrogens with one attached hydrogen (secondary N) is 1. The van der Waals surface area contributed by atoms with Crippen molar-refractivity contribution in [2.24, 2.45) is 0 Å². The van der Waals surface area contributed by atoms with Gasteiger partial charge < -0.3 is 19.6 Å². The number of aliphatic carboxylic acids is 1. The molecule has 0 aliphatic carbocycles. The van der Waals surface area contributed by atoms with Gasteiger partial charge in [-0.15, -0.1) is 0 Å². The minimum atomic E-state index is -1.43. The van der Waals surface area contributed by atoms with Crippen LogP contribution in [0.1, 0.15) is 23.4 Å². The Kier molecular flexibility index (Phi) is 3.70. The van der Waals surface area contributed by atoms with Crippen LogP contribution in [0, 0.1) is 10.1 Å². The van der Waals surface area contributed by atoms with Crippen molar-refractivity contribution in [1.82, 2.24) is 5.32 Å². The molecule has 1 fully saturated rings. The Morgan fingerprint density at radius 2 is 2.00 bits per heavy atom. The van der Waals surface area contributed by atoms with E-state index in [0.29, 0.717) is 0 Å². The van der Waals surface area contributed by atoms with E-state index in [1.807, 2.05) is 0 Å². The van der Waals surface area contributed by atoms with E-state index >= 15 is 0 Å². The van der Waals surface area contributed by atoms with E-state index in [1.54, 1.807) is 0 Å². The predicted molar refractivity (Wildman–Crippen MR) is 63.2 cm³/mol. The smallest absolute Gasteiger partial charge is 0.433 e. The summed E-state index contributed by atoms with van der Waals surface area (Å²) >= 11 is 0. The van der Waals surface area contributed by atoms with Gasteiger partial charge in [0.25, 0.3) is 5.91 Å². The molecule has 20 heavy (non-hydrogen) atoms. The van der Waals surface area contributed by atoms with Crippen molar-refractivity contribution in [2.75, 3.05) is 13.2 Å². The van der Waals surface area contributed by atoms with Gasteiger partial charge in [-0.2, -0.15) is 0 Å². The van der Waals surface area contributed by atoms with Gasteiger partial charge in [0.2, 0.25) is 0 Å². The molecule has 1 saturated heterocycles. The summed E-state index contributed by atoms with van der Waals surface area (Å²) in [7, 11) is 0. The third-order valence-electron chi connectivity index (χ3n) is 3.10. The average Bonchev–Trinajstić information content (AvgIpc) is 2.89. The molecular weight excluding hydrogens is 272 g/mol. The van der Waals surface area contributed by atoms with Crippen LogP contribution in [0.25, 0.3) is 0 Å². The first-order chi connectivity index (χ1) is 9.44. The Balaban J connectivity index is 2.15. The molecule has 1 aromatic heterocycles. The summed E-state index contributed by atoms with van der Waals surface area (Å²) in [6, 6.07) is 2.16. The molecule has 108 valence electrons. The van der Waals surface area contributed by atoms with Crippen molar-refractivity contribution in [3.05, 3.63) is 28.0 Å². The second kappa shape index (κ2) is 5.29. The van der Waals surface area contributed by atoms with Gasteiger partial charge in [-0.25, -0.2) is 4.79 Å². The highest BCUT2D eigenvalue weighted by Crippen LogP contribution is 2.23. The second-order valence-corrected chi connectivity index (χ2v) is 4.35. The maximum absolute atomic E-state index is 11.9. The highest BCUT2D eigenvalue weighted by atomic mass is 16.6. The quantitative estimate of drug-likeness (QED) is 0.609. The SMILES string of the molecule is O=C(NC1(C(=O)O)CCOCC1)c1ccc([N+](=O)[O-])o1. The van der Waals surface area contributed by atoms with E-state index in [-0.39, 0.29) is 31.8 Å². The summed E-state index contributed by atoms with van der Waals surface area (Å²) in [4.78, 5) is 33.0. The molecule has 1 aliphatic rings. The van der Waals surface area contributed by atoms with Crippen LogP contribution in [-0.2, 0) is 9.53 Å². The Morgan fingerprint density at radius 3 is 2.50 bits per heavy atom. The molecule has 0 radical (unpaired) electrons. The Bertz CT molecular complexity index is 545. The summed E-state index contributed by atoms with van der Waals surface area (Å²) in [5.41, 5.74) is -1.43. The monoisotopic (exact) mass is 284 g/mol. The maximum Gasteiger partial charge on any atom is 0.433 e. The molecule has 0 spiro atoms. The average molecular weight is 284 g/mol. The molecule has 2 rings (SSSR count). The Morgan fingerprint density at radius 1 is 1.35 bits per heavy atom. The molecule has 0 unspecified atom stereocenters. The summed E-state index contributed by atoms with van der Waals surface area (Å²) in [6.07, 6.45) is 0.244. The molecule has 1 aliphatic heterocycles. The van der Waals surface area contributed by atoms with Crippen molar-refractivity contribution in [3.63, 3.8) is 0 Å². The molecule has 9 heteroatoms. The zero-order chi connectivity index (χ0) is 14.8. The number of furan rings is 1. The topological polar surface area (TPSA) is 132 Å². The number of ether oxygens (including phenoxy) is 1. The second-order valence-electron chi connectivity index (χ2n) is 4.35. The molecule has 2 heterocycles. The first kappa shape index (κ1) is 14.0. The fourth-order valence-electron chi connectivity index (χ4n) is 1.94. The van der Waals surface area contributed by atoms with E-state index in [2.05, 4.69) is 5.32 Å². The summed E-state index contributed by atoms with van der Waals surface area (Å²) in [6.45, 7) is 0.426. The molecule has 2 N–H and O–H groups in total. The zero-order valence-corrected chi connectivity index (χ0v) is 10.3. The molecule has 1 aromatic rings. The summed E-state index contributed by atoms with van der Waals surface area (Å²) < 4.78 is 9.81. The van der Waals surface area contributed by atoms with Crippen LogP contribution in [0.2, 0.25) is 0 Å². The van der Waals surface area contributed by atoms with Crippen LogP contribution in [0.5, 0.6) is 0 Å². The van der Waals surface area contributed by atoms with Crippen LogP contribution in [0.15, 0.2) is 16.5 Å². The van der Waals surface area contributed by atoms with Crippen molar-refractivity contribution in [2.45, 2.75) is 18.4 Å². The number of carbonyl (C=O) groups excluding carboxylic acids is 1. The van der Waals surface area contributed by atoms with Gasteiger partial charge in [-0.05, 0) is 6.07 Å². The minimum Gasteiger partial charge on any atom is -0.480 e. The number of hydrogen-bond acceptors (Lipinski definition) is 6. The third kappa shape index (κ3) is 2.62. The highest BCUT2D eigenvalue weighted by molar-refractivity contribution is 5.96. The van der Waals surface area contributed by atoms with Crippen LogP contribution in [-0.4, -0.2) is 40.7 Å². The number of amides is 1. The van der Waals surface area contributed by atoms with Gasteiger partial charge in [0.05, 0.1) is 6.07 Å². The number of carboxylic acids is 1. The van der Waals surface area contributed by atoms with Crippen molar-refractivity contribution >= 4 is 17.8 Å². The standard InChI is InChI=1S/C11H12N2O7/c14-9(7-1-2-8(20-7)13(17)18)12-11(10(15)16)3-5-19-6-4-11/h1-2H,3-6H2,(H,12,14)(H,15,16). The fourth-order valence-corrected chi connectivity index (χ4v) is 1.94. The fraction of sp³-hybridized carbons (Fsp3) is 0.455. The molecule has 0 atom stereocenters. The number of carbonyl (C=O) groups is 2. The number of nitrogens with zero attached hydrogens (tertiary/aromatic N) is 1. The van der Waals surface area contributed by atoms with Crippen molar-refractivity contribution in [1.29, 1.82) is 0 Å². The third-order valence-corrected chi connectivity index (χ3v) is 3.10. The molecular formula is C11H12N2O7. The highest BCUT2D eigenvalue weighted by Gasteiger charge is 2.42. The summed E-state index contributed by atoms with van der Waals surface area (Å²) in [5.74, 6) is -2.85. The van der Waals surface area contributed by atoms with E-state index in [1.165, 1.54) is 0 Å². The van der Waals surface area contributed by atoms with Crippen LogP contribution in [0.4, 0.5) is 5.88 Å². The molecule has 0 saturated carbocycles. The zero-order valence-electron chi connectivity index (χ0n) is 10.3. The van der Waals surface area contributed by atoms with E-state index < -0.39 is 28.2 Å². The van der Waals surface area contributed by atoms with Crippen molar-refractivity contribution in [3.8, 4) is 0 Å². The van der Waals surface area contributed by atoms with E-state index in [0.717, 1.165) is 12.1 Å². The number of rotatable bonds is 4. The maximum atomic E-state index is 11.9. The van der Waals surface area contributed by atoms with Gasteiger partial charge >= 0.3 is 11.9 Å². The minimum absolute atomic E-state index is 0.122. The lowest BCUT2D eigenvalue weighted by molar-refractivity contribution is -0.402. The first-order valence-electron chi connectivity index (χ1n) is 5.82. The van der Waals surface area contributed by atoms with Crippen LogP contribution >= 0.6 is 0 Å². The summed E-state index contributed by atoms with van der Waals surface area (Å²) in [5, 5.41) is 22.1. The van der Waals surface area contributed by atoms with Crippen LogP contribution in [0.3, 0.4) is 0 Å². The van der Waals surface area contributed by atoms with E-state index in [4.69, 9.17) is 9.15 Å². The Labute approximate surface area is 112 Å². The molecule has 0 bridgehead atoms. The van der Waals surface area contributed by atoms with Crippen molar-refractivity contribution < 1.29 is 28.8 Å². The van der Waals surface area contributed by atoms with Gasteiger partial charge in [0.1, 0.15) is 10.5 Å².